The van der Waals surface area contributed by atoms with Gasteiger partial charge in [0.15, 0.2) is 0 Å². The van der Waals surface area contributed by atoms with Gasteiger partial charge in [-0.2, -0.15) is 23.3 Å². The summed E-state index contributed by atoms with van der Waals surface area (Å²) in [5.41, 5.74) is -2.55. The highest BCUT2D eigenvalue weighted by Gasteiger charge is 2.63. The van der Waals surface area contributed by atoms with Crippen LogP contribution in [0, 0.1) is 6.92 Å². The molecule has 1 heterocycles. The van der Waals surface area contributed by atoms with E-state index in [0.717, 1.165) is 6.42 Å². The molecule has 8 heteroatoms. The van der Waals surface area contributed by atoms with Crippen LogP contribution >= 0.6 is 11.6 Å². The molecule has 2 rings (SSSR count). The van der Waals surface area contributed by atoms with Crippen molar-refractivity contribution in [3.8, 4) is 0 Å². The lowest BCUT2D eigenvalue weighted by molar-refractivity contribution is -0.297. The third kappa shape index (κ3) is 3.42. The van der Waals surface area contributed by atoms with Crippen LogP contribution < -0.4 is 0 Å². The highest BCUT2D eigenvalue weighted by molar-refractivity contribution is 6.31. The fourth-order valence-electron chi connectivity index (χ4n) is 2.42. The second kappa shape index (κ2) is 6.72. The Hall–Kier alpha value is -1.60. The number of unbranched alkanes of at least 4 members (excludes halogenated alkanes) is 1. The summed E-state index contributed by atoms with van der Waals surface area (Å²) in [5, 5.41) is 14.3. The van der Waals surface area contributed by atoms with Crippen LogP contribution in [-0.2, 0) is 0 Å². The van der Waals surface area contributed by atoms with Crippen molar-refractivity contribution in [2.75, 3.05) is 0 Å². The van der Waals surface area contributed by atoms with Crippen LogP contribution in [0.1, 0.15) is 48.5 Å². The maximum absolute atomic E-state index is 13.4. The number of hydrogen-bond acceptors (Lipinski definition) is 3. The van der Waals surface area contributed by atoms with E-state index in [1.165, 1.54) is 18.2 Å². The van der Waals surface area contributed by atoms with E-state index in [2.05, 4.69) is 5.10 Å². The van der Waals surface area contributed by atoms with Gasteiger partial charge in [-0.3, -0.25) is 4.79 Å². The molecule has 1 aromatic rings. The summed E-state index contributed by atoms with van der Waals surface area (Å²) < 4.78 is 40.1. The molecule has 0 fully saturated rings. The van der Waals surface area contributed by atoms with Gasteiger partial charge >= 0.3 is 6.18 Å². The van der Waals surface area contributed by atoms with Crippen LogP contribution in [0.15, 0.2) is 23.3 Å². The van der Waals surface area contributed by atoms with Crippen LogP contribution in [-0.4, -0.2) is 33.6 Å². The molecule has 4 nitrogen and oxygen atoms in total. The molecule has 132 valence electrons. The summed E-state index contributed by atoms with van der Waals surface area (Å²) in [6.45, 7) is 3.60. The van der Waals surface area contributed by atoms with Crippen LogP contribution in [0.5, 0.6) is 0 Å². The van der Waals surface area contributed by atoms with E-state index in [9.17, 15) is 23.1 Å². The highest BCUT2D eigenvalue weighted by atomic mass is 35.5. The minimum Gasteiger partial charge on any atom is -0.362 e. The number of aliphatic hydroxyl groups is 1. The van der Waals surface area contributed by atoms with Crippen molar-refractivity contribution in [2.24, 2.45) is 5.10 Å². The number of hydrogen-bond donors (Lipinski definition) is 1. The first kappa shape index (κ1) is 18.7. The number of halogens is 4. The molecule has 1 N–H and O–H groups in total. The highest BCUT2D eigenvalue weighted by Crippen LogP contribution is 2.41. The number of hydrazone groups is 1. The smallest absolute Gasteiger partial charge is 0.362 e. The number of aryl methyl sites for hydroxylation is 1. The Bertz CT molecular complexity index is 676. The monoisotopic (exact) mass is 362 g/mol. The Labute approximate surface area is 142 Å². The van der Waals surface area contributed by atoms with E-state index in [1.54, 1.807) is 6.92 Å². The molecule has 0 spiro atoms. The minimum absolute atomic E-state index is 0.0613. The number of carbonyl (C=O) groups is 1. The topological polar surface area (TPSA) is 52.9 Å². The van der Waals surface area contributed by atoms with Gasteiger partial charge in [-0.25, -0.2) is 0 Å². The molecule has 0 bridgehead atoms. The minimum atomic E-state index is -5.02. The van der Waals surface area contributed by atoms with Crippen LogP contribution in [0.4, 0.5) is 13.2 Å². The fourth-order valence-corrected chi connectivity index (χ4v) is 2.60. The van der Waals surface area contributed by atoms with Gasteiger partial charge in [0.05, 0.1) is 0 Å². The molecule has 0 radical (unpaired) electrons. The summed E-state index contributed by atoms with van der Waals surface area (Å²) in [4.78, 5) is 12.5. The number of carbonyl (C=O) groups excluding carboxylic acids is 1. The van der Waals surface area contributed by atoms with Gasteiger partial charge in [0.1, 0.15) is 0 Å². The second-order valence-electron chi connectivity index (χ2n) is 5.84. The van der Waals surface area contributed by atoms with Crippen molar-refractivity contribution in [3.05, 3.63) is 34.3 Å². The van der Waals surface area contributed by atoms with Crippen LogP contribution in [0.3, 0.4) is 0 Å². The first-order chi connectivity index (χ1) is 11.1. The molecule has 1 amide bonds. The summed E-state index contributed by atoms with van der Waals surface area (Å²) in [7, 11) is 0. The molecular weight excluding hydrogens is 345 g/mol. The number of nitrogens with zero attached hydrogens (tertiary/aromatic N) is 2. The van der Waals surface area contributed by atoms with E-state index >= 15 is 0 Å². The molecule has 1 aliphatic rings. The Morgan fingerprint density at radius 3 is 2.67 bits per heavy atom. The standard InChI is InChI=1S/C16H18ClF3N2O2/c1-3-4-5-12-9-15(24,16(18,19)20)22(21-12)14(23)11-7-6-10(2)13(17)8-11/h6-8,24H,3-5,9H2,1-2H3/t15-/m1/s1. The molecule has 0 saturated heterocycles. The largest absolute Gasteiger partial charge is 0.438 e. The van der Waals surface area contributed by atoms with Crippen LogP contribution in [0.25, 0.3) is 0 Å². The van der Waals surface area contributed by atoms with Gasteiger partial charge in [0.2, 0.25) is 0 Å². The first-order valence-electron chi connectivity index (χ1n) is 7.56. The lowest BCUT2D eigenvalue weighted by Gasteiger charge is -2.32. The molecule has 0 aromatic heterocycles. The van der Waals surface area contributed by atoms with Crippen molar-refractivity contribution in [2.45, 2.75) is 51.4 Å². The molecule has 1 atom stereocenters. The van der Waals surface area contributed by atoms with Gasteiger partial charge < -0.3 is 5.11 Å². The van der Waals surface area contributed by atoms with Gasteiger partial charge in [0, 0.05) is 22.7 Å². The Morgan fingerprint density at radius 1 is 1.46 bits per heavy atom. The average molecular weight is 363 g/mol. The van der Waals surface area contributed by atoms with E-state index in [4.69, 9.17) is 11.6 Å². The zero-order chi connectivity index (χ0) is 18.1. The Morgan fingerprint density at radius 2 is 2.12 bits per heavy atom. The van der Waals surface area contributed by atoms with Gasteiger partial charge in [-0.1, -0.05) is 31.0 Å². The van der Waals surface area contributed by atoms with Crippen molar-refractivity contribution in [1.29, 1.82) is 0 Å². The molecule has 0 aliphatic carbocycles. The average Bonchev–Trinajstić information content (AvgIpc) is 2.85. The molecule has 0 unspecified atom stereocenters. The number of benzene rings is 1. The van der Waals surface area contributed by atoms with E-state index in [1.807, 2.05) is 6.92 Å². The summed E-state index contributed by atoms with van der Waals surface area (Å²) >= 11 is 5.93. The van der Waals surface area contributed by atoms with Crippen molar-refractivity contribution in [3.63, 3.8) is 0 Å². The van der Waals surface area contributed by atoms with E-state index in [0.29, 0.717) is 18.4 Å². The van der Waals surface area contributed by atoms with Crippen molar-refractivity contribution < 1.29 is 23.1 Å². The Balaban J connectivity index is 2.39. The number of amides is 1. The first-order valence-corrected chi connectivity index (χ1v) is 7.94. The molecule has 1 aliphatic heterocycles. The van der Waals surface area contributed by atoms with E-state index in [-0.39, 0.29) is 21.3 Å². The van der Waals surface area contributed by atoms with Crippen molar-refractivity contribution >= 4 is 23.2 Å². The molecular formula is C16H18ClF3N2O2. The van der Waals surface area contributed by atoms with Gasteiger partial charge in [-0.15, -0.1) is 0 Å². The van der Waals surface area contributed by atoms with Gasteiger partial charge in [-0.05, 0) is 37.5 Å². The maximum Gasteiger partial charge on any atom is 0.438 e. The maximum atomic E-state index is 13.4. The lowest BCUT2D eigenvalue weighted by Crippen LogP contribution is -2.56. The summed E-state index contributed by atoms with van der Waals surface area (Å²) in [5.74, 6) is -1.04. The normalized spacial score (nSPS) is 21.1. The number of rotatable bonds is 4. The second-order valence-corrected chi connectivity index (χ2v) is 6.25. The van der Waals surface area contributed by atoms with Crippen LogP contribution in [0.2, 0.25) is 5.02 Å². The molecule has 0 saturated carbocycles. The fraction of sp³-hybridized carbons (Fsp3) is 0.500. The Kier molecular flexibility index (Phi) is 5.25. The molecule has 24 heavy (non-hydrogen) atoms. The van der Waals surface area contributed by atoms with Crippen molar-refractivity contribution in [1.82, 2.24) is 5.01 Å². The summed E-state index contributed by atoms with van der Waals surface area (Å²) in [6.07, 6.45) is -4.06. The third-order valence-corrected chi connectivity index (χ3v) is 4.33. The third-order valence-electron chi connectivity index (χ3n) is 3.93. The zero-order valence-electron chi connectivity index (χ0n) is 13.3. The predicted molar refractivity (Wildman–Crippen MR) is 84.9 cm³/mol. The number of alkyl halides is 3. The summed E-state index contributed by atoms with van der Waals surface area (Å²) in [6, 6.07) is 4.16. The predicted octanol–water partition coefficient (Wildman–Crippen LogP) is 4.29. The van der Waals surface area contributed by atoms with E-state index < -0.39 is 24.2 Å². The quantitative estimate of drug-likeness (QED) is 0.868. The lowest BCUT2D eigenvalue weighted by atomic mass is 10.0. The van der Waals surface area contributed by atoms with Gasteiger partial charge in [0.25, 0.3) is 11.6 Å². The molecule has 1 aromatic carbocycles. The zero-order valence-corrected chi connectivity index (χ0v) is 14.1. The SMILES string of the molecule is CCCCC1=NN(C(=O)c2ccc(C)c(Cl)c2)[C@](O)(C(F)(F)F)C1.